The van der Waals surface area contributed by atoms with Crippen LogP contribution in [0.5, 0.6) is 0 Å². The molecule has 1 aliphatic heterocycles. The summed E-state index contributed by atoms with van der Waals surface area (Å²) in [5.41, 5.74) is 2.27. The number of fused-ring (bicyclic) bond motifs is 1. The van der Waals surface area contributed by atoms with Crippen LogP contribution in [0.15, 0.2) is 42.7 Å². The minimum absolute atomic E-state index is 0.138. The van der Waals surface area contributed by atoms with Crippen molar-refractivity contribution in [1.82, 2.24) is 9.61 Å². The fraction of sp³-hybridized carbons (Fsp3) is 0.235. The molecule has 0 bridgehead atoms. The molecular weight excluding hydrogens is 284 g/mol. The summed E-state index contributed by atoms with van der Waals surface area (Å²) in [7, 11) is 0. The molecule has 22 heavy (non-hydrogen) atoms. The predicted molar refractivity (Wildman–Crippen MR) is 79.7 cm³/mol. The summed E-state index contributed by atoms with van der Waals surface area (Å²) in [6, 6.07) is 10.5. The van der Waals surface area contributed by atoms with Gasteiger partial charge in [-0.15, -0.1) is 0 Å². The molecular formula is C17H14F2N3. The van der Waals surface area contributed by atoms with E-state index in [9.17, 15) is 8.78 Å². The van der Waals surface area contributed by atoms with Gasteiger partial charge in [-0.25, -0.2) is 13.3 Å². The summed E-state index contributed by atoms with van der Waals surface area (Å²) in [5.74, 6) is -0.752. The average molecular weight is 298 g/mol. The maximum Gasteiger partial charge on any atom is 0.128 e. The Morgan fingerprint density at radius 3 is 3.00 bits per heavy atom. The van der Waals surface area contributed by atoms with Crippen LogP contribution in [0.3, 0.4) is 0 Å². The van der Waals surface area contributed by atoms with Gasteiger partial charge in [0.2, 0.25) is 0 Å². The number of nitrogens with zero attached hydrogens (tertiary/aromatic N) is 3. The van der Waals surface area contributed by atoms with E-state index in [0.717, 1.165) is 36.7 Å². The Morgan fingerprint density at radius 1 is 1.18 bits per heavy atom. The Hall–Kier alpha value is -2.43. The Morgan fingerprint density at radius 2 is 2.09 bits per heavy atom. The van der Waals surface area contributed by atoms with E-state index in [1.54, 1.807) is 10.7 Å². The van der Waals surface area contributed by atoms with Crippen LogP contribution in [0.1, 0.15) is 24.4 Å². The third kappa shape index (κ3) is 2.13. The van der Waals surface area contributed by atoms with Crippen LogP contribution < -0.4 is 4.90 Å². The lowest BCUT2D eigenvalue weighted by Gasteiger charge is -2.27. The molecule has 1 aliphatic rings. The highest BCUT2D eigenvalue weighted by atomic mass is 19.1. The normalized spacial score (nSPS) is 18.3. The van der Waals surface area contributed by atoms with Gasteiger partial charge in [-0.2, -0.15) is 5.10 Å². The molecule has 0 aliphatic carbocycles. The van der Waals surface area contributed by atoms with Crippen molar-refractivity contribution in [3.05, 3.63) is 66.0 Å². The highest BCUT2D eigenvalue weighted by Gasteiger charge is 2.28. The van der Waals surface area contributed by atoms with Crippen LogP contribution in [0.25, 0.3) is 5.52 Å². The zero-order chi connectivity index (χ0) is 15.1. The minimum Gasteiger partial charge on any atom is -0.364 e. The number of rotatable bonds is 2. The lowest BCUT2D eigenvalue weighted by molar-refractivity contribution is 0.561. The molecule has 1 aromatic carbocycles. The van der Waals surface area contributed by atoms with Gasteiger partial charge in [-0.05, 0) is 43.2 Å². The van der Waals surface area contributed by atoms with Crippen LogP contribution in [0.4, 0.5) is 14.5 Å². The van der Waals surface area contributed by atoms with Crippen LogP contribution in [-0.4, -0.2) is 16.2 Å². The zero-order valence-electron chi connectivity index (χ0n) is 11.8. The van der Waals surface area contributed by atoms with Crippen LogP contribution in [0, 0.1) is 17.7 Å². The van der Waals surface area contributed by atoms with Crippen molar-refractivity contribution in [1.29, 1.82) is 0 Å². The molecule has 3 aromatic rings. The first kappa shape index (κ1) is 13.2. The summed E-state index contributed by atoms with van der Waals surface area (Å²) < 4.78 is 29.3. The van der Waals surface area contributed by atoms with E-state index in [1.807, 2.05) is 18.3 Å². The van der Waals surface area contributed by atoms with E-state index >= 15 is 0 Å². The maximum atomic E-state index is 14.1. The fourth-order valence-corrected chi connectivity index (χ4v) is 3.19. The molecule has 1 atom stereocenters. The molecule has 0 amide bonds. The smallest absolute Gasteiger partial charge is 0.128 e. The SMILES string of the molecule is Fc1ccc(F)c([C@H]2CCCN2c2ccn3nc[c]c3c2)c1. The molecule has 1 radical (unpaired) electrons. The maximum absolute atomic E-state index is 14.1. The topological polar surface area (TPSA) is 20.5 Å². The van der Waals surface area contributed by atoms with Crippen molar-refractivity contribution >= 4 is 11.2 Å². The second-order valence-corrected chi connectivity index (χ2v) is 5.52. The van der Waals surface area contributed by atoms with Crippen molar-refractivity contribution < 1.29 is 8.78 Å². The molecule has 0 N–H and O–H groups in total. The zero-order valence-corrected chi connectivity index (χ0v) is 11.8. The second-order valence-electron chi connectivity index (χ2n) is 5.52. The third-order valence-corrected chi connectivity index (χ3v) is 4.21. The van der Waals surface area contributed by atoms with E-state index in [1.165, 1.54) is 12.1 Å². The number of hydrogen-bond donors (Lipinski definition) is 0. The van der Waals surface area contributed by atoms with E-state index in [4.69, 9.17) is 0 Å². The highest BCUT2D eigenvalue weighted by molar-refractivity contribution is 5.60. The van der Waals surface area contributed by atoms with E-state index in [2.05, 4.69) is 16.1 Å². The first-order valence-electron chi connectivity index (χ1n) is 7.29. The molecule has 5 heteroatoms. The first-order chi connectivity index (χ1) is 10.7. The average Bonchev–Trinajstić information content (AvgIpc) is 3.17. The standard InChI is InChI=1S/C17H14F2N3/c18-12-3-4-16(19)15(10-12)17-2-1-8-21(17)13-6-9-22-14(11-13)5-7-20-22/h3-4,6-7,9-11,17H,1-2,8H2/t17-/m1/s1. The Bertz CT molecular complexity index is 828. The summed E-state index contributed by atoms with van der Waals surface area (Å²) >= 11 is 0. The summed E-state index contributed by atoms with van der Waals surface area (Å²) in [6.07, 6.45) is 5.24. The van der Waals surface area contributed by atoms with E-state index < -0.39 is 5.82 Å². The van der Waals surface area contributed by atoms with Gasteiger partial charge in [0.1, 0.15) is 11.6 Å². The number of aromatic nitrogens is 2. The number of pyridine rings is 1. The summed E-state index contributed by atoms with van der Waals surface area (Å²) in [5, 5.41) is 4.12. The number of hydrogen-bond acceptors (Lipinski definition) is 2. The van der Waals surface area contributed by atoms with Gasteiger partial charge < -0.3 is 4.90 Å². The van der Waals surface area contributed by atoms with E-state index in [0.29, 0.717) is 5.56 Å². The molecule has 1 saturated heterocycles. The van der Waals surface area contributed by atoms with Gasteiger partial charge in [-0.1, -0.05) is 0 Å². The second kappa shape index (κ2) is 5.09. The fourth-order valence-electron chi connectivity index (χ4n) is 3.19. The molecule has 111 valence electrons. The molecule has 1 fully saturated rings. The quantitative estimate of drug-likeness (QED) is 0.718. The largest absolute Gasteiger partial charge is 0.364 e. The molecule has 2 aromatic heterocycles. The van der Waals surface area contributed by atoms with Gasteiger partial charge in [0.05, 0.1) is 17.8 Å². The van der Waals surface area contributed by atoms with Crippen molar-refractivity contribution in [2.45, 2.75) is 18.9 Å². The molecule has 4 rings (SSSR count). The Kier molecular flexibility index (Phi) is 3.06. The van der Waals surface area contributed by atoms with Gasteiger partial charge in [0.25, 0.3) is 0 Å². The predicted octanol–water partition coefficient (Wildman–Crippen LogP) is 3.75. The number of anilines is 1. The molecule has 0 spiro atoms. The van der Waals surface area contributed by atoms with Crippen LogP contribution in [-0.2, 0) is 0 Å². The monoisotopic (exact) mass is 298 g/mol. The Balaban J connectivity index is 1.75. The number of benzene rings is 1. The summed E-state index contributed by atoms with van der Waals surface area (Å²) in [4.78, 5) is 2.12. The van der Waals surface area contributed by atoms with Crippen molar-refractivity contribution in [3.63, 3.8) is 0 Å². The van der Waals surface area contributed by atoms with Crippen LogP contribution in [0.2, 0.25) is 0 Å². The van der Waals surface area contributed by atoms with Crippen molar-refractivity contribution in [2.24, 2.45) is 0 Å². The first-order valence-corrected chi connectivity index (χ1v) is 7.29. The lowest BCUT2D eigenvalue weighted by Crippen LogP contribution is -2.23. The lowest BCUT2D eigenvalue weighted by atomic mass is 10.0. The molecule has 0 unspecified atom stereocenters. The van der Waals surface area contributed by atoms with Crippen LogP contribution >= 0.6 is 0 Å². The third-order valence-electron chi connectivity index (χ3n) is 4.21. The van der Waals surface area contributed by atoms with Crippen molar-refractivity contribution in [2.75, 3.05) is 11.4 Å². The van der Waals surface area contributed by atoms with Gasteiger partial charge >= 0.3 is 0 Å². The van der Waals surface area contributed by atoms with Gasteiger partial charge in [0, 0.05) is 30.1 Å². The number of halogens is 2. The summed E-state index contributed by atoms with van der Waals surface area (Å²) in [6.45, 7) is 0.824. The molecule has 3 heterocycles. The van der Waals surface area contributed by atoms with Gasteiger partial charge in [-0.3, -0.25) is 0 Å². The molecule has 0 saturated carbocycles. The van der Waals surface area contributed by atoms with Crippen molar-refractivity contribution in [3.8, 4) is 0 Å². The Labute approximate surface area is 126 Å². The van der Waals surface area contributed by atoms with Gasteiger partial charge in [0.15, 0.2) is 0 Å². The highest BCUT2D eigenvalue weighted by Crippen LogP contribution is 2.37. The minimum atomic E-state index is -0.400. The van der Waals surface area contributed by atoms with E-state index in [-0.39, 0.29) is 11.9 Å². The molecule has 3 nitrogen and oxygen atoms in total.